The second kappa shape index (κ2) is 6.44. The van der Waals surface area contributed by atoms with Crippen molar-refractivity contribution in [2.75, 3.05) is 11.9 Å². The van der Waals surface area contributed by atoms with Crippen molar-refractivity contribution in [1.29, 1.82) is 0 Å². The molecule has 1 aromatic carbocycles. The van der Waals surface area contributed by atoms with E-state index in [1.165, 1.54) is 0 Å². The molecule has 0 spiro atoms. The van der Waals surface area contributed by atoms with E-state index in [1.54, 1.807) is 36.0 Å². The quantitative estimate of drug-likeness (QED) is 0.834. The Hall–Kier alpha value is -2.29. The van der Waals surface area contributed by atoms with Gasteiger partial charge in [0.15, 0.2) is 0 Å². The molecule has 1 amide bonds. The smallest absolute Gasteiger partial charge is 0.256 e. The molecular weight excluding hydrogens is 290 g/mol. The van der Waals surface area contributed by atoms with Crippen LogP contribution in [0.3, 0.4) is 0 Å². The van der Waals surface area contributed by atoms with E-state index in [-0.39, 0.29) is 12.5 Å². The molecule has 2 rings (SSSR count). The number of anilines is 1. The number of carbonyl (C=O) groups is 1. The van der Waals surface area contributed by atoms with Gasteiger partial charge in [-0.3, -0.25) is 9.48 Å². The molecule has 0 unspecified atom stereocenters. The highest BCUT2D eigenvalue weighted by Gasteiger charge is 2.11. The normalized spacial score (nSPS) is 9.90. The number of nitrogens with zero attached hydrogens (tertiary/aromatic N) is 2. The van der Waals surface area contributed by atoms with Gasteiger partial charge in [0.1, 0.15) is 12.4 Å². The van der Waals surface area contributed by atoms with Crippen molar-refractivity contribution in [2.24, 2.45) is 7.05 Å². The Morgan fingerprint density at radius 3 is 2.81 bits per heavy atom. The SMILES string of the molecule is Cc1cc(NC(=O)c2ccc(C#CCO)c(Cl)c2)n(C)n1. The Kier molecular flexibility index (Phi) is 4.63. The van der Waals surface area contributed by atoms with Gasteiger partial charge in [0.2, 0.25) is 0 Å². The van der Waals surface area contributed by atoms with Crippen molar-refractivity contribution < 1.29 is 9.90 Å². The Labute approximate surface area is 127 Å². The van der Waals surface area contributed by atoms with Crippen molar-refractivity contribution in [3.8, 4) is 11.8 Å². The summed E-state index contributed by atoms with van der Waals surface area (Å²) in [6.07, 6.45) is 0. The van der Waals surface area contributed by atoms with Crippen LogP contribution in [0, 0.1) is 18.8 Å². The summed E-state index contributed by atoms with van der Waals surface area (Å²) in [5.41, 5.74) is 1.81. The van der Waals surface area contributed by atoms with Crippen LogP contribution in [0.2, 0.25) is 5.02 Å². The van der Waals surface area contributed by atoms with Crippen molar-refractivity contribution in [3.63, 3.8) is 0 Å². The molecule has 6 heteroatoms. The standard InChI is InChI=1S/C15H14ClN3O2/c1-10-8-14(19(2)18-10)17-15(21)12-6-5-11(4-3-7-20)13(16)9-12/h5-6,8-9,20H,7H2,1-2H3,(H,17,21). The Morgan fingerprint density at radius 1 is 1.48 bits per heavy atom. The highest BCUT2D eigenvalue weighted by atomic mass is 35.5. The van der Waals surface area contributed by atoms with E-state index in [0.29, 0.717) is 22.0 Å². The van der Waals surface area contributed by atoms with Crippen LogP contribution in [0.4, 0.5) is 5.82 Å². The predicted octanol–water partition coefficient (Wildman–Crippen LogP) is 1.98. The molecular formula is C15H14ClN3O2. The number of halogens is 1. The summed E-state index contributed by atoms with van der Waals surface area (Å²) >= 11 is 6.07. The topological polar surface area (TPSA) is 67.2 Å². The molecule has 0 atom stereocenters. The van der Waals surface area contributed by atoms with E-state index >= 15 is 0 Å². The number of hydrogen-bond donors (Lipinski definition) is 2. The number of carbonyl (C=O) groups excluding carboxylic acids is 1. The fourth-order valence-electron chi connectivity index (χ4n) is 1.81. The molecule has 0 radical (unpaired) electrons. The zero-order chi connectivity index (χ0) is 15.4. The van der Waals surface area contributed by atoms with E-state index in [1.807, 2.05) is 6.92 Å². The second-order valence-corrected chi connectivity index (χ2v) is 4.81. The van der Waals surface area contributed by atoms with Gasteiger partial charge in [0, 0.05) is 24.2 Å². The van der Waals surface area contributed by atoms with Crippen LogP contribution in [0.1, 0.15) is 21.6 Å². The summed E-state index contributed by atoms with van der Waals surface area (Å²) in [4.78, 5) is 12.2. The predicted molar refractivity (Wildman–Crippen MR) is 81.3 cm³/mol. The number of aryl methyl sites for hydroxylation is 2. The van der Waals surface area contributed by atoms with E-state index < -0.39 is 0 Å². The average molecular weight is 304 g/mol. The molecule has 0 aliphatic carbocycles. The van der Waals surface area contributed by atoms with E-state index in [9.17, 15) is 4.79 Å². The molecule has 1 aromatic heterocycles. The second-order valence-electron chi connectivity index (χ2n) is 4.40. The number of amides is 1. The molecule has 0 saturated carbocycles. The first-order valence-corrected chi connectivity index (χ1v) is 6.60. The van der Waals surface area contributed by atoms with Gasteiger partial charge >= 0.3 is 0 Å². The minimum atomic E-state index is -0.276. The van der Waals surface area contributed by atoms with Gasteiger partial charge in [-0.1, -0.05) is 23.4 Å². The lowest BCUT2D eigenvalue weighted by molar-refractivity contribution is 0.102. The summed E-state index contributed by atoms with van der Waals surface area (Å²) < 4.78 is 1.59. The number of aliphatic hydroxyl groups is 1. The van der Waals surface area contributed by atoms with Gasteiger partial charge in [0.05, 0.1) is 10.7 Å². The maximum atomic E-state index is 12.2. The van der Waals surface area contributed by atoms with Crippen LogP contribution < -0.4 is 5.32 Å². The maximum absolute atomic E-state index is 12.2. The van der Waals surface area contributed by atoms with Crippen LogP contribution >= 0.6 is 11.6 Å². The lowest BCUT2D eigenvalue weighted by Gasteiger charge is -2.06. The molecule has 2 N–H and O–H groups in total. The van der Waals surface area contributed by atoms with Crippen molar-refractivity contribution in [1.82, 2.24) is 9.78 Å². The Morgan fingerprint density at radius 2 is 2.24 bits per heavy atom. The molecule has 108 valence electrons. The molecule has 21 heavy (non-hydrogen) atoms. The van der Waals surface area contributed by atoms with Crippen LogP contribution in [0.5, 0.6) is 0 Å². The largest absolute Gasteiger partial charge is 0.384 e. The summed E-state index contributed by atoms with van der Waals surface area (Å²) in [5, 5.41) is 16.0. The number of nitrogens with one attached hydrogen (secondary N) is 1. The summed E-state index contributed by atoms with van der Waals surface area (Å²) in [5.74, 6) is 5.56. The minimum Gasteiger partial charge on any atom is -0.384 e. The Balaban J connectivity index is 2.20. The third kappa shape index (κ3) is 3.63. The fourth-order valence-corrected chi connectivity index (χ4v) is 2.04. The van der Waals surface area contributed by atoms with E-state index in [2.05, 4.69) is 22.3 Å². The summed E-state index contributed by atoms with van der Waals surface area (Å²) in [6, 6.07) is 6.60. The zero-order valence-corrected chi connectivity index (χ0v) is 12.4. The maximum Gasteiger partial charge on any atom is 0.256 e. The molecule has 0 bridgehead atoms. The van der Waals surface area contributed by atoms with E-state index in [4.69, 9.17) is 16.7 Å². The van der Waals surface area contributed by atoms with Crippen LogP contribution in [0.25, 0.3) is 0 Å². The summed E-state index contributed by atoms with van der Waals surface area (Å²) in [7, 11) is 1.75. The number of benzene rings is 1. The molecule has 2 aromatic rings. The zero-order valence-electron chi connectivity index (χ0n) is 11.6. The number of aliphatic hydroxyl groups excluding tert-OH is 1. The Bertz CT molecular complexity index is 741. The van der Waals surface area contributed by atoms with Gasteiger partial charge in [-0.25, -0.2) is 0 Å². The first kappa shape index (κ1) is 15.1. The van der Waals surface area contributed by atoms with Gasteiger partial charge in [-0.05, 0) is 25.1 Å². The van der Waals surface area contributed by atoms with Gasteiger partial charge < -0.3 is 10.4 Å². The highest BCUT2D eigenvalue weighted by Crippen LogP contribution is 2.18. The molecule has 0 saturated heterocycles. The molecule has 5 nitrogen and oxygen atoms in total. The number of aromatic nitrogens is 2. The lowest BCUT2D eigenvalue weighted by Crippen LogP contribution is -2.14. The molecule has 0 aliphatic rings. The lowest BCUT2D eigenvalue weighted by atomic mass is 10.1. The first-order valence-electron chi connectivity index (χ1n) is 6.22. The molecule has 0 fully saturated rings. The molecule has 0 aliphatic heterocycles. The van der Waals surface area contributed by atoms with Crippen LogP contribution in [-0.4, -0.2) is 27.4 Å². The van der Waals surface area contributed by atoms with Gasteiger partial charge in [-0.2, -0.15) is 5.10 Å². The highest BCUT2D eigenvalue weighted by molar-refractivity contribution is 6.32. The average Bonchev–Trinajstić information content (AvgIpc) is 2.75. The third-order valence-corrected chi connectivity index (χ3v) is 3.09. The number of rotatable bonds is 2. The van der Waals surface area contributed by atoms with E-state index in [0.717, 1.165) is 5.69 Å². The fraction of sp³-hybridized carbons (Fsp3) is 0.200. The monoisotopic (exact) mass is 303 g/mol. The van der Waals surface area contributed by atoms with Crippen molar-refractivity contribution in [2.45, 2.75) is 6.92 Å². The van der Waals surface area contributed by atoms with Gasteiger partial charge in [-0.15, -0.1) is 0 Å². The minimum absolute atomic E-state index is 0.238. The van der Waals surface area contributed by atoms with Crippen molar-refractivity contribution >= 4 is 23.3 Å². The van der Waals surface area contributed by atoms with Crippen LogP contribution in [-0.2, 0) is 7.05 Å². The number of hydrogen-bond acceptors (Lipinski definition) is 3. The van der Waals surface area contributed by atoms with Crippen molar-refractivity contribution in [3.05, 3.63) is 46.1 Å². The van der Waals surface area contributed by atoms with Gasteiger partial charge in [0.25, 0.3) is 5.91 Å². The van der Waals surface area contributed by atoms with Crippen LogP contribution in [0.15, 0.2) is 24.3 Å². The summed E-state index contributed by atoms with van der Waals surface area (Å²) in [6.45, 7) is 1.61. The third-order valence-electron chi connectivity index (χ3n) is 2.78. The first-order chi connectivity index (χ1) is 10.0. The molecule has 1 heterocycles.